The molecule has 1 aliphatic rings. The number of sulfonamides is 1. The van der Waals surface area contributed by atoms with E-state index in [1.807, 2.05) is 19.9 Å². The van der Waals surface area contributed by atoms with Gasteiger partial charge in [0, 0.05) is 11.0 Å². The first-order valence-corrected chi connectivity index (χ1v) is 12.3. The van der Waals surface area contributed by atoms with Crippen LogP contribution in [0.5, 0.6) is 11.5 Å². The molecule has 0 N–H and O–H groups in total. The van der Waals surface area contributed by atoms with Crippen molar-refractivity contribution in [1.29, 1.82) is 0 Å². The molecule has 0 aliphatic carbocycles. The number of benzene rings is 2. The van der Waals surface area contributed by atoms with Crippen LogP contribution in [0.15, 0.2) is 45.8 Å². The fraction of sp³-hybridized carbons (Fsp3) is 0.409. The number of methoxy groups -OCH3 is 1. The summed E-state index contributed by atoms with van der Waals surface area (Å²) in [4.78, 5) is 12.4. The topological polar surface area (TPSA) is 82.1 Å². The van der Waals surface area contributed by atoms with Gasteiger partial charge in [0.1, 0.15) is 0 Å². The molecule has 1 unspecified atom stereocenters. The molecule has 0 saturated carbocycles. The highest BCUT2D eigenvalue weighted by Gasteiger charge is 2.38. The Morgan fingerprint density at radius 3 is 2.29 bits per heavy atom. The zero-order valence-corrected chi connectivity index (χ0v) is 20.2. The van der Waals surface area contributed by atoms with E-state index in [0.29, 0.717) is 31.1 Å². The van der Waals surface area contributed by atoms with Crippen molar-refractivity contribution in [3.8, 4) is 11.5 Å². The van der Waals surface area contributed by atoms with Crippen LogP contribution in [0.1, 0.15) is 37.4 Å². The van der Waals surface area contributed by atoms with Crippen molar-refractivity contribution in [1.82, 2.24) is 4.31 Å². The fourth-order valence-electron chi connectivity index (χ4n) is 3.71. The van der Waals surface area contributed by atoms with Crippen LogP contribution in [-0.2, 0) is 26.0 Å². The molecule has 0 amide bonds. The maximum Gasteiger partial charge on any atom is 0.307 e. The third-order valence-corrected chi connectivity index (χ3v) is 7.57. The summed E-state index contributed by atoms with van der Waals surface area (Å²) in [6.45, 7) is 4.91. The van der Waals surface area contributed by atoms with E-state index in [-0.39, 0.29) is 17.9 Å². The number of nitrogens with zero attached hydrogens (tertiary/aromatic N) is 1. The highest BCUT2D eigenvalue weighted by molar-refractivity contribution is 9.10. The van der Waals surface area contributed by atoms with Gasteiger partial charge < -0.3 is 14.2 Å². The van der Waals surface area contributed by atoms with Gasteiger partial charge in [-0.15, -0.1) is 0 Å². The van der Waals surface area contributed by atoms with E-state index in [1.54, 1.807) is 30.3 Å². The van der Waals surface area contributed by atoms with E-state index >= 15 is 0 Å². The van der Waals surface area contributed by atoms with Gasteiger partial charge >= 0.3 is 5.97 Å². The first-order valence-electron chi connectivity index (χ1n) is 10.1. The van der Waals surface area contributed by atoms with Gasteiger partial charge in [-0.1, -0.05) is 15.9 Å². The molecular weight excluding hydrogens is 486 g/mol. The summed E-state index contributed by atoms with van der Waals surface area (Å²) in [5.41, 5.74) is 1.66. The summed E-state index contributed by atoms with van der Waals surface area (Å²) in [5.74, 6) is 0.658. The molecule has 0 bridgehead atoms. The average Bonchev–Trinajstić information content (AvgIpc) is 2.75. The average molecular weight is 512 g/mol. The summed E-state index contributed by atoms with van der Waals surface area (Å²) >= 11 is 3.33. The van der Waals surface area contributed by atoms with Gasteiger partial charge in [0.2, 0.25) is 10.0 Å². The highest BCUT2D eigenvalue weighted by Crippen LogP contribution is 2.42. The smallest absolute Gasteiger partial charge is 0.307 e. The van der Waals surface area contributed by atoms with Gasteiger partial charge in [0.05, 0.1) is 37.7 Å². The molecule has 1 heterocycles. The largest absolute Gasteiger partial charge is 0.490 e. The van der Waals surface area contributed by atoms with Crippen molar-refractivity contribution in [2.45, 2.75) is 37.6 Å². The lowest BCUT2D eigenvalue weighted by molar-refractivity contribution is -0.141. The van der Waals surface area contributed by atoms with Crippen molar-refractivity contribution in [2.24, 2.45) is 0 Å². The van der Waals surface area contributed by atoms with Crippen LogP contribution in [0.2, 0.25) is 0 Å². The molecule has 31 heavy (non-hydrogen) atoms. The molecule has 2 aromatic rings. The molecule has 168 valence electrons. The van der Waals surface area contributed by atoms with Crippen LogP contribution in [-0.4, -0.2) is 45.6 Å². The predicted molar refractivity (Wildman–Crippen MR) is 120 cm³/mol. The van der Waals surface area contributed by atoms with E-state index in [4.69, 9.17) is 14.2 Å². The number of hydrogen-bond acceptors (Lipinski definition) is 6. The molecule has 3 rings (SSSR count). The Kier molecular flexibility index (Phi) is 7.61. The standard InChI is InChI=1S/C22H26BrNO6S/c1-4-29-20-12-15-10-11-24(31(26,27)17-8-6-16(23)7-9-17)19(14-22(25)28-3)18(15)13-21(20)30-5-2/h6-9,12-13,19H,4-5,10-11,14H2,1-3H3. The SMILES string of the molecule is CCOc1cc2c(cc1OCC)C(CC(=O)OC)N(S(=O)(=O)c1ccc(Br)cc1)CC2. The fourth-order valence-corrected chi connectivity index (χ4v) is 5.58. The maximum absolute atomic E-state index is 13.5. The minimum absolute atomic E-state index is 0.0984. The highest BCUT2D eigenvalue weighted by atomic mass is 79.9. The van der Waals surface area contributed by atoms with Crippen molar-refractivity contribution < 1.29 is 27.4 Å². The van der Waals surface area contributed by atoms with Gasteiger partial charge in [-0.25, -0.2) is 8.42 Å². The monoisotopic (exact) mass is 511 g/mol. The Labute approximate surface area is 191 Å². The molecule has 1 aliphatic heterocycles. The summed E-state index contributed by atoms with van der Waals surface area (Å²) < 4.78 is 45.4. The van der Waals surface area contributed by atoms with Gasteiger partial charge in [-0.2, -0.15) is 4.31 Å². The lowest BCUT2D eigenvalue weighted by Crippen LogP contribution is -2.41. The molecule has 9 heteroatoms. The van der Waals surface area contributed by atoms with Crippen LogP contribution in [0.4, 0.5) is 0 Å². The molecule has 7 nitrogen and oxygen atoms in total. The van der Waals surface area contributed by atoms with E-state index in [2.05, 4.69) is 15.9 Å². The molecule has 0 aromatic heterocycles. The van der Waals surface area contributed by atoms with E-state index < -0.39 is 22.0 Å². The zero-order chi connectivity index (χ0) is 22.6. The summed E-state index contributed by atoms with van der Waals surface area (Å²) in [6, 6.07) is 9.43. The van der Waals surface area contributed by atoms with Crippen LogP contribution in [0.3, 0.4) is 0 Å². The van der Waals surface area contributed by atoms with Crippen LogP contribution in [0, 0.1) is 0 Å². The van der Waals surface area contributed by atoms with Crippen LogP contribution < -0.4 is 9.47 Å². The maximum atomic E-state index is 13.5. The van der Waals surface area contributed by atoms with Crippen molar-refractivity contribution in [3.63, 3.8) is 0 Å². The van der Waals surface area contributed by atoms with Crippen LogP contribution in [0.25, 0.3) is 0 Å². The number of carbonyl (C=O) groups excluding carboxylic acids is 1. The second-order valence-electron chi connectivity index (χ2n) is 6.98. The number of rotatable bonds is 8. The van der Waals surface area contributed by atoms with Gasteiger partial charge in [-0.3, -0.25) is 4.79 Å². The lowest BCUT2D eigenvalue weighted by Gasteiger charge is -2.36. The quantitative estimate of drug-likeness (QED) is 0.496. The minimum atomic E-state index is -3.84. The van der Waals surface area contributed by atoms with Crippen molar-refractivity contribution in [2.75, 3.05) is 26.9 Å². The third kappa shape index (κ3) is 5.05. The number of halogens is 1. The molecule has 0 saturated heterocycles. The molecule has 0 spiro atoms. The first-order chi connectivity index (χ1) is 14.8. The molecule has 0 radical (unpaired) electrons. The number of esters is 1. The summed E-state index contributed by atoms with van der Waals surface area (Å²) in [6.07, 6.45) is 0.397. The first kappa shape index (κ1) is 23.6. The predicted octanol–water partition coefficient (Wildman–Crippen LogP) is 4.10. The molecular formula is C22H26BrNO6S. The number of hydrogen-bond donors (Lipinski definition) is 0. The summed E-state index contributed by atoms with van der Waals surface area (Å²) in [7, 11) is -2.54. The lowest BCUT2D eigenvalue weighted by atomic mass is 9.91. The van der Waals surface area contributed by atoms with Gasteiger partial charge in [0.15, 0.2) is 11.5 Å². The zero-order valence-electron chi connectivity index (χ0n) is 17.8. The Morgan fingerprint density at radius 1 is 1.10 bits per heavy atom. The van der Waals surface area contributed by atoms with Crippen LogP contribution >= 0.6 is 15.9 Å². The molecule has 2 aromatic carbocycles. The number of fused-ring (bicyclic) bond motifs is 1. The van der Waals surface area contributed by atoms with Gasteiger partial charge in [-0.05, 0) is 67.8 Å². The molecule has 1 atom stereocenters. The van der Waals surface area contributed by atoms with Crippen molar-refractivity contribution in [3.05, 3.63) is 52.0 Å². The Hall–Kier alpha value is -2.10. The minimum Gasteiger partial charge on any atom is -0.490 e. The summed E-state index contributed by atoms with van der Waals surface area (Å²) in [5, 5.41) is 0. The number of ether oxygens (including phenoxy) is 3. The van der Waals surface area contributed by atoms with E-state index in [1.165, 1.54) is 11.4 Å². The molecule has 0 fully saturated rings. The van der Waals surface area contributed by atoms with E-state index in [9.17, 15) is 13.2 Å². The second-order valence-corrected chi connectivity index (χ2v) is 9.79. The van der Waals surface area contributed by atoms with E-state index in [0.717, 1.165) is 15.6 Å². The van der Waals surface area contributed by atoms with Gasteiger partial charge in [0.25, 0.3) is 0 Å². The number of carbonyl (C=O) groups is 1. The Bertz CT molecular complexity index is 1040. The Morgan fingerprint density at radius 2 is 1.71 bits per heavy atom. The normalized spacial score (nSPS) is 16.5. The third-order valence-electron chi connectivity index (χ3n) is 5.12. The second kappa shape index (κ2) is 10.0. The Balaban J connectivity index is 2.10. The van der Waals surface area contributed by atoms with Crippen molar-refractivity contribution >= 4 is 31.9 Å².